The molecular weight excluding hydrogens is 246 g/mol. The van der Waals surface area contributed by atoms with Crippen molar-refractivity contribution in [3.8, 4) is 0 Å². The quantitative estimate of drug-likeness (QED) is 0.843. The number of anilines is 1. The Labute approximate surface area is 111 Å². The van der Waals surface area contributed by atoms with E-state index in [1.165, 1.54) is 0 Å². The van der Waals surface area contributed by atoms with E-state index in [0.717, 1.165) is 41.1 Å². The number of aromatic nitrogens is 2. The Morgan fingerprint density at radius 1 is 1.44 bits per heavy atom. The molecule has 0 aromatic carbocycles. The summed E-state index contributed by atoms with van der Waals surface area (Å²) in [6.07, 6.45) is 3.20. The molecule has 0 fully saturated rings. The van der Waals surface area contributed by atoms with Gasteiger partial charge in [0.05, 0.1) is 22.9 Å². The maximum Gasteiger partial charge on any atom is 0.148 e. The number of thiophene rings is 1. The minimum Gasteiger partial charge on any atom is -0.394 e. The summed E-state index contributed by atoms with van der Waals surface area (Å²) in [4.78, 5) is 8.83. The lowest BCUT2D eigenvalue weighted by atomic mass is 10.1. The van der Waals surface area contributed by atoms with E-state index in [0.29, 0.717) is 0 Å². The van der Waals surface area contributed by atoms with Gasteiger partial charge in [0.15, 0.2) is 0 Å². The zero-order valence-electron chi connectivity index (χ0n) is 10.8. The van der Waals surface area contributed by atoms with Crippen molar-refractivity contribution in [3.63, 3.8) is 0 Å². The van der Waals surface area contributed by atoms with E-state index in [2.05, 4.69) is 22.2 Å². The third kappa shape index (κ3) is 2.97. The summed E-state index contributed by atoms with van der Waals surface area (Å²) >= 11 is 1.63. The molecule has 0 saturated carbocycles. The largest absolute Gasteiger partial charge is 0.394 e. The van der Waals surface area contributed by atoms with Gasteiger partial charge in [-0.15, -0.1) is 11.3 Å². The summed E-state index contributed by atoms with van der Waals surface area (Å²) in [5.41, 5.74) is 0.974. The number of rotatable bonds is 6. The molecule has 18 heavy (non-hydrogen) atoms. The van der Waals surface area contributed by atoms with Crippen LogP contribution in [0.3, 0.4) is 0 Å². The second-order valence-electron chi connectivity index (χ2n) is 4.42. The standard InChI is InChI=1S/C13H19N3OS/c1-3-4-5-10(8-17)16-13-12-11(6-7-18-12)14-9(2)15-13/h6-7,10,17H,3-5,8H2,1-2H3,(H,14,15,16)/t10-/m0/s1. The second kappa shape index (κ2) is 6.11. The summed E-state index contributed by atoms with van der Waals surface area (Å²) in [6.45, 7) is 4.18. The molecule has 0 saturated heterocycles. The summed E-state index contributed by atoms with van der Waals surface area (Å²) in [6, 6.07) is 2.07. The lowest BCUT2D eigenvalue weighted by Crippen LogP contribution is -2.24. The summed E-state index contributed by atoms with van der Waals surface area (Å²) < 4.78 is 1.07. The third-order valence-electron chi connectivity index (χ3n) is 2.88. The van der Waals surface area contributed by atoms with Gasteiger partial charge in [-0.05, 0) is 24.8 Å². The molecule has 2 rings (SSSR count). The maximum absolute atomic E-state index is 9.40. The second-order valence-corrected chi connectivity index (χ2v) is 5.34. The normalized spacial score (nSPS) is 12.8. The molecule has 0 radical (unpaired) electrons. The Kier molecular flexibility index (Phi) is 4.49. The number of hydrogen-bond donors (Lipinski definition) is 2. The molecule has 0 spiro atoms. The summed E-state index contributed by atoms with van der Waals surface area (Å²) in [5, 5.41) is 14.8. The predicted molar refractivity (Wildman–Crippen MR) is 76.2 cm³/mol. The van der Waals surface area contributed by atoms with Gasteiger partial charge in [0.2, 0.25) is 0 Å². The number of fused-ring (bicyclic) bond motifs is 1. The smallest absolute Gasteiger partial charge is 0.148 e. The SMILES string of the molecule is CCCC[C@@H](CO)Nc1nc(C)nc2ccsc12. The number of aryl methyl sites for hydroxylation is 1. The molecule has 0 aliphatic carbocycles. The molecule has 0 aliphatic rings. The van der Waals surface area contributed by atoms with E-state index in [4.69, 9.17) is 0 Å². The molecule has 2 N–H and O–H groups in total. The number of nitrogens with one attached hydrogen (secondary N) is 1. The zero-order chi connectivity index (χ0) is 13.0. The van der Waals surface area contributed by atoms with Crippen LogP contribution in [0.5, 0.6) is 0 Å². The molecule has 0 aliphatic heterocycles. The number of unbranched alkanes of at least 4 members (excludes halogenated alkanes) is 1. The Morgan fingerprint density at radius 2 is 2.28 bits per heavy atom. The van der Waals surface area contributed by atoms with Crippen LogP contribution >= 0.6 is 11.3 Å². The first-order valence-corrected chi connectivity index (χ1v) is 7.21. The van der Waals surface area contributed by atoms with Crippen molar-refractivity contribution >= 4 is 27.4 Å². The molecule has 2 aromatic rings. The van der Waals surface area contributed by atoms with E-state index < -0.39 is 0 Å². The Bertz CT molecular complexity index is 512. The molecule has 0 unspecified atom stereocenters. The fourth-order valence-electron chi connectivity index (χ4n) is 1.93. The fraction of sp³-hybridized carbons (Fsp3) is 0.538. The van der Waals surface area contributed by atoms with Gasteiger partial charge >= 0.3 is 0 Å². The first-order chi connectivity index (χ1) is 8.74. The van der Waals surface area contributed by atoms with Crippen molar-refractivity contribution < 1.29 is 5.11 Å². The van der Waals surface area contributed by atoms with Gasteiger partial charge in [0.1, 0.15) is 11.6 Å². The molecule has 0 bridgehead atoms. The first kappa shape index (κ1) is 13.2. The van der Waals surface area contributed by atoms with Crippen LogP contribution in [-0.4, -0.2) is 27.7 Å². The van der Waals surface area contributed by atoms with E-state index in [9.17, 15) is 5.11 Å². The van der Waals surface area contributed by atoms with Crippen LogP contribution in [0.25, 0.3) is 10.2 Å². The Morgan fingerprint density at radius 3 is 3.00 bits per heavy atom. The van der Waals surface area contributed by atoms with Crippen molar-refractivity contribution in [2.24, 2.45) is 0 Å². The lowest BCUT2D eigenvalue weighted by molar-refractivity contribution is 0.267. The number of hydrogen-bond acceptors (Lipinski definition) is 5. The fourth-order valence-corrected chi connectivity index (χ4v) is 2.71. The number of nitrogens with zero attached hydrogens (tertiary/aromatic N) is 2. The van der Waals surface area contributed by atoms with E-state index in [1.807, 2.05) is 18.4 Å². The van der Waals surface area contributed by atoms with Crippen molar-refractivity contribution in [3.05, 3.63) is 17.3 Å². The molecule has 4 nitrogen and oxygen atoms in total. The molecule has 1 atom stereocenters. The van der Waals surface area contributed by atoms with E-state index in [-0.39, 0.29) is 12.6 Å². The highest BCUT2D eigenvalue weighted by Gasteiger charge is 2.12. The van der Waals surface area contributed by atoms with Crippen molar-refractivity contribution in [2.45, 2.75) is 39.2 Å². The van der Waals surface area contributed by atoms with Crippen LogP contribution in [0, 0.1) is 6.92 Å². The molecule has 0 amide bonds. The third-order valence-corrected chi connectivity index (χ3v) is 3.79. The highest BCUT2D eigenvalue weighted by molar-refractivity contribution is 7.17. The van der Waals surface area contributed by atoms with Crippen LogP contribution in [0.1, 0.15) is 32.0 Å². The highest BCUT2D eigenvalue weighted by Crippen LogP contribution is 2.26. The number of aliphatic hydroxyl groups excluding tert-OH is 1. The van der Waals surface area contributed by atoms with Gasteiger partial charge in [-0.3, -0.25) is 0 Å². The van der Waals surface area contributed by atoms with Gasteiger partial charge in [-0.2, -0.15) is 0 Å². The Balaban J connectivity index is 2.21. The van der Waals surface area contributed by atoms with Crippen LogP contribution in [-0.2, 0) is 0 Å². The zero-order valence-corrected chi connectivity index (χ0v) is 11.6. The van der Waals surface area contributed by atoms with Gasteiger partial charge in [0.25, 0.3) is 0 Å². The van der Waals surface area contributed by atoms with Gasteiger partial charge < -0.3 is 10.4 Å². The average Bonchev–Trinajstić information content (AvgIpc) is 2.82. The summed E-state index contributed by atoms with van der Waals surface area (Å²) in [7, 11) is 0. The van der Waals surface area contributed by atoms with Crippen LogP contribution in [0.15, 0.2) is 11.4 Å². The summed E-state index contributed by atoms with van der Waals surface area (Å²) in [5.74, 6) is 1.61. The van der Waals surface area contributed by atoms with Crippen molar-refractivity contribution in [2.75, 3.05) is 11.9 Å². The number of aliphatic hydroxyl groups is 1. The van der Waals surface area contributed by atoms with Crippen molar-refractivity contribution in [1.82, 2.24) is 9.97 Å². The molecule has 2 heterocycles. The molecule has 98 valence electrons. The average molecular weight is 265 g/mol. The lowest BCUT2D eigenvalue weighted by Gasteiger charge is -2.17. The van der Waals surface area contributed by atoms with Crippen LogP contribution in [0.2, 0.25) is 0 Å². The monoisotopic (exact) mass is 265 g/mol. The molecular formula is C13H19N3OS. The maximum atomic E-state index is 9.40. The topological polar surface area (TPSA) is 58.0 Å². The van der Waals surface area contributed by atoms with Crippen molar-refractivity contribution in [1.29, 1.82) is 0 Å². The molecule has 2 aromatic heterocycles. The van der Waals surface area contributed by atoms with Gasteiger partial charge in [0, 0.05) is 0 Å². The van der Waals surface area contributed by atoms with Crippen LogP contribution < -0.4 is 5.32 Å². The van der Waals surface area contributed by atoms with E-state index in [1.54, 1.807) is 11.3 Å². The highest BCUT2D eigenvalue weighted by atomic mass is 32.1. The minimum absolute atomic E-state index is 0.0737. The predicted octanol–water partition coefficient (Wildman–Crippen LogP) is 2.96. The first-order valence-electron chi connectivity index (χ1n) is 6.33. The van der Waals surface area contributed by atoms with Crippen LogP contribution in [0.4, 0.5) is 5.82 Å². The minimum atomic E-state index is 0.0737. The Hall–Kier alpha value is -1.20. The molecule has 5 heteroatoms. The van der Waals surface area contributed by atoms with E-state index >= 15 is 0 Å². The van der Waals surface area contributed by atoms with Gasteiger partial charge in [-0.1, -0.05) is 19.8 Å². The van der Waals surface area contributed by atoms with Gasteiger partial charge in [-0.25, -0.2) is 9.97 Å².